The van der Waals surface area contributed by atoms with Crippen LogP contribution in [0.5, 0.6) is 0 Å². The van der Waals surface area contributed by atoms with Crippen LogP contribution in [-0.4, -0.2) is 26.4 Å². The van der Waals surface area contributed by atoms with Crippen LogP contribution < -0.4 is 5.32 Å². The van der Waals surface area contributed by atoms with Crippen LogP contribution in [0.15, 0.2) is 78.0 Å². The maximum absolute atomic E-state index is 12.6. The molecule has 1 N–H and O–H groups in total. The molecule has 0 unspecified atom stereocenters. The van der Waals surface area contributed by atoms with Crippen molar-refractivity contribution in [3.05, 3.63) is 89.5 Å². The molecule has 32 heavy (non-hydrogen) atoms. The third-order valence-corrected chi connectivity index (χ3v) is 6.32. The van der Waals surface area contributed by atoms with Crippen LogP contribution in [-0.2, 0) is 11.2 Å². The van der Waals surface area contributed by atoms with Gasteiger partial charge in [0.05, 0.1) is 5.75 Å². The predicted molar refractivity (Wildman–Crippen MR) is 131 cm³/mol. The summed E-state index contributed by atoms with van der Waals surface area (Å²) in [5.41, 5.74) is 6.38. The molecule has 0 fully saturated rings. The maximum Gasteiger partial charge on any atom is 0.234 e. The Balaban J connectivity index is 1.58. The van der Waals surface area contributed by atoms with E-state index in [4.69, 9.17) is 0 Å². The number of hydrogen-bond acceptors (Lipinski definition) is 4. The molecule has 4 rings (SSSR count). The lowest BCUT2D eigenvalue weighted by molar-refractivity contribution is -0.113. The van der Waals surface area contributed by atoms with Crippen molar-refractivity contribution < 1.29 is 4.79 Å². The van der Waals surface area contributed by atoms with Crippen molar-refractivity contribution >= 4 is 23.4 Å². The highest BCUT2D eigenvalue weighted by molar-refractivity contribution is 7.99. The van der Waals surface area contributed by atoms with Gasteiger partial charge in [0, 0.05) is 16.9 Å². The van der Waals surface area contributed by atoms with Crippen molar-refractivity contribution in [2.45, 2.75) is 32.3 Å². The molecule has 1 heterocycles. The SMILES string of the molecule is CCc1ccc(-n2c(SCC(=O)Nc3ccc(C)c(C)c3)nnc2-c2ccccc2)cc1. The Labute approximate surface area is 192 Å². The van der Waals surface area contributed by atoms with E-state index in [-0.39, 0.29) is 11.7 Å². The van der Waals surface area contributed by atoms with Gasteiger partial charge in [-0.15, -0.1) is 10.2 Å². The van der Waals surface area contributed by atoms with Gasteiger partial charge in [-0.2, -0.15) is 0 Å². The number of amides is 1. The number of carbonyl (C=O) groups is 1. The molecule has 1 aromatic heterocycles. The van der Waals surface area contributed by atoms with Gasteiger partial charge in [0.2, 0.25) is 5.91 Å². The van der Waals surface area contributed by atoms with E-state index < -0.39 is 0 Å². The fourth-order valence-corrected chi connectivity index (χ4v) is 4.15. The van der Waals surface area contributed by atoms with E-state index in [0.717, 1.165) is 34.7 Å². The minimum absolute atomic E-state index is 0.0737. The average Bonchev–Trinajstić information content (AvgIpc) is 3.25. The van der Waals surface area contributed by atoms with Crippen LogP contribution >= 0.6 is 11.8 Å². The minimum Gasteiger partial charge on any atom is -0.325 e. The highest BCUT2D eigenvalue weighted by atomic mass is 32.2. The average molecular weight is 443 g/mol. The van der Waals surface area contributed by atoms with Gasteiger partial charge in [-0.25, -0.2) is 0 Å². The molecule has 0 aliphatic rings. The lowest BCUT2D eigenvalue weighted by Gasteiger charge is -2.11. The van der Waals surface area contributed by atoms with Crippen LogP contribution in [0.4, 0.5) is 5.69 Å². The van der Waals surface area contributed by atoms with Crippen LogP contribution in [0.2, 0.25) is 0 Å². The van der Waals surface area contributed by atoms with Gasteiger partial charge in [0.15, 0.2) is 11.0 Å². The fraction of sp³-hybridized carbons (Fsp3) is 0.192. The number of anilines is 1. The minimum atomic E-state index is -0.0737. The normalized spacial score (nSPS) is 10.8. The molecule has 5 nitrogen and oxygen atoms in total. The largest absolute Gasteiger partial charge is 0.325 e. The second kappa shape index (κ2) is 9.83. The molecule has 0 aliphatic heterocycles. The number of nitrogens with zero attached hydrogens (tertiary/aromatic N) is 3. The molecule has 0 saturated carbocycles. The van der Waals surface area contributed by atoms with E-state index in [1.54, 1.807) is 0 Å². The second-order valence-electron chi connectivity index (χ2n) is 7.66. The molecule has 0 spiro atoms. The van der Waals surface area contributed by atoms with Gasteiger partial charge < -0.3 is 5.32 Å². The first-order valence-electron chi connectivity index (χ1n) is 10.6. The summed E-state index contributed by atoms with van der Waals surface area (Å²) < 4.78 is 2.02. The first kappa shape index (κ1) is 21.8. The topological polar surface area (TPSA) is 59.8 Å². The Morgan fingerprint density at radius 3 is 2.38 bits per heavy atom. The standard InChI is InChI=1S/C26H26N4OS/c1-4-20-11-14-23(15-12-20)30-25(21-8-6-5-7-9-21)28-29-26(30)32-17-24(31)27-22-13-10-18(2)19(3)16-22/h5-16H,4,17H2,1-3H3,(H,27,31). The number of aromatic nitrogens is 3. The number of aryl methyl sites for hydroxylation is 3. The zero-order valence-electron chi connectivity index (χ0n) is 18.5. The van der Waals surface area contributed by atoms with E-state index in [0.29, 0.717) is 5.16 Å². The Bertz CT molecular complexity index is 1220. The van der Waals surface area contributed by atoms with Crippen LogP contribution in [0.3, 0.4) is 0 Å². The molecule has 3 aromatic carbocycles. The Morgan fingerprint density at radius 1 is 0.938 bits per heavy atom. The van der Waals surface area contributed by atoms with E-state index in [1.807, 2.05) is 60.0 Å². The maximum atomic E-state index is 12.6. The number of benzene rings is 3. The van der Waals surface area contributed by atoms with Crippen molar-refractivity contribution in [1.82, 2.24) is 14.8 Å². The Hall–Kier alpha value is -3.38. The molecule has 6 heteroatoms. The summed E-state index contributed by atoms with van der Waals surface area (Å²) in [5.74, 6) is 0.926. The van der Waals surface area contributed by atoms with E-state index in [1.165, 1.54) is 22.9 Å². The molecule has 162 valence electrons. The Kier molecular flexibility index (Phi) is 6.71. The van der Waals surface area contributed by atoms with Crippen molar-refractivity contribution in [2.75, 3.05) is 11.1 Å². The summed E-state index contributed by atoms with van der Waals surface area (Å²) in [6, 6.07) is 24.3. The molecule has 0 atom stereocenters. The second-order valence-corrected chi connectivity index (χ2v) is 8.61. The van der Waals surface area contributed by atoms with Gasteiger partial charge in [-0.3, -0.25) is 9.36 Å². The van der Waals surface area contributed by atoms with Crippen LogP contribution in [0, 0.1) is 13.8 Å². The van der Waals surface area contributed by atoms with Crippen molar-refractivity contribution in [1.29, 1.82) is 0 Å². The lowest BCUT2D eigenvalue weighted by Crippen LogP contribution is -2.14. The molecule has 0 radical (unpaired) electrons. The summed E-state index contributed by atoms with van der Waals surface area (Å²) in [6.45, 7) is 6.23. The van der Waals surface area contributed by atoms with Gasteiger partial charge in [-0.1, -0.05) is 67.2 Å². The molecular weight excluding hydrogens is 416 g/mol. The molecular formula is C26H26N4OS. The van der Waals surface area contributed by atoms with Crippen molar-refractivity contribution in [3.63, 3.8) is 0 Å². The van der Waals surface area contributed by atoms with Crippen molar-refractivity contribution in [2.24, 2.45) is 0 Å². The van der Waals surface area contributed by atoms with Gasteiger partial charge in [0.1, 0.15) is 0 Å². The summed E-state index contributed by atoms with van der Waals surface area (Å²) in [6.07, 6.45) is 0.980. The molecule has 4 aromatic rings. The third-order valence-electron chi connectivity index (χ3n) is 5.39. The van der Waals surface area contributed by atoms with Crippen LogP contribution in [0.25, 0.3) is 17.1 Å². The zero-order valence-corrected chi connectivity index (χ0v) is 19.3. The first-order valence-corrected chi connectivity index (χ1v) is 11.6. The monoisotopic (exact) mass is 442 g/mol. The summed E-state index contributed by atoms with van der Waals surface area (Å²) >= 11 is 1.38. The first-order chi connectivity index (χ1) is 15.5. The number of carbonyl (C=O) groups excluding carboxylic acids is 1. The smallest absolute Gasteiger partial charge is 0.234 e. The molecule has 0 saturated heterocycles. The quantitative estimate of drug-likeness (QED) is 0.365. The number of nitrogens with one attached hydrogen (secondary N) is 1. The summed E-state index contributed by atoms with van der Waals surface area (Å²) in [7, 11) is 0. The number of rotatable bonds is 7. The van der Waals surface area contributed by atoms with E-state index >= 15 is 0 Å². The van der Waals surface area contributed by atoms with E-state index in [9.17, 15) is 4.79 Å². The van der Waals surface area contributed by atoms with Crippen LogP contribution in [0.1, 0.15) is 23.6 Å². The lowest BCUT2D eigenvalue weighted by atomic mass is 10.1. The predicted octanol–water partition coefficient (Wildman–Crippen LogP) is 5.84. The van der Waals surface area contributed by atoms with Gasteiger partial charge in [0.25, 0.3) is 0 Å². The summed E-state index contributed by atoms with van der Waals surface area (Å²) in [5, 5.41) is 12.5. The highest BCUT2D eigenvalue weighted by Crippen LogP contribution is 2.28. The third kappa shape index (κ3) is 4.92. The fourth-order valence-electron chi connectivity index (χ4n) is 3.40. The molecule has 0 aliphatic carbocycles. The Morgan fingerprint density at radius 2 is 1.69 bits per heavy atom. The molecule has 0 bridgehead atoms. The van der Waals surface area contributed by atoms with Crippen molar-refractivity contribution in [3.8, 4) is 17.1 Å². The van der Waals surface area contributed by atoms with E-state index in [2.05, 4.69) is 53.6 Å². The molecule has 1 amide bonds. The summed E-state index contributed by atoms with van der Waals surface area (Å²) in [4.78, 5) is 12.6. The highest BCUT2D eigenvalue weighted by Gasteiger charge is 2.17. The van der Waals surface area contributed by atoms with Gasteiger partial charge in [-0.05, 0) is 61.2 Å². The zero-order chi connectivity index (χ0) is 22.5. The van der Waals surface area contributed by atoms with Gasteiger partial charge >= 0.3 is 0 Å². The number of hydrogen-bond donors (Lipinski definition) is 1. The number of thioether (sulfide) groups is 1.